The molecule has 1 amide bonds. The van der Waals surface area contributed by atoms with E-state index in [1.165, 1.54) is 6.92 Å². The fourth-order valence-corrected chi connectivity index (χ4v) is 3.39. The number of aliphatic hydroxyl groups is 1. The van der Waals surface area contributed by atoms with Crippen LogP contribution in [0.3, 0.4) is 0 Å². The van der Waals surface area contributed by atoms with Crippen LogP contribution in [0.4, 0.5) is 0 Å². The Labute approximate surface area is 186 Å². The summed E-state index contributed by atoms with van der Waals surface area (Å²) in [6, 6.07) is 23.6. The summed E-state index contributed by atoms with van der Waals surface area (Å²) < 4.78 is 0. The molecule has 0 fully saturated rings. The standard InChI is InChI=1S/C26H24N2O4/c1-17(29)23(26(32)28-24(16-27)20-5-3-2-4-6-20)15-25(31)21-9-7-18(8-10-21)19-11-13-22(30)14-12-19/h2-14,17,23-24,29-30H,15H2,1H3,(H,28,32)/t17-,23+,24?/m1/s1. The third-order valence-corrected chi connectivity index (χ3v) is 5.28. The number of amides is 1. The van der Waals surface area contributed by atoms with E-state index < -0.39 is 24.0 Å². The van der Waals surface area contributed by atoms with Gasteiger partial charge < -0.3 is 15.5 Å². The number of phenolic OH excluding ortho intramolecular Hbond substituents is 1. The molecule has 3 N–H and O–H groups in total. The number of carbonyl (C=O) groups is 2. The molecule has 3 atom stereocenters. The molecular formula is C26H24N2O4. The predicted octanol–water partition coefficient (Wildman–Crippen LogP) is 4.01. The molecule has 0 saturated heterocycles. The lowest BCUT2D eigenvalue weighted by atomic mass is 9.92. The van der Waals surface area contributed by atoms with Crippen molar-refractivity contribution in [2.45, 2.75) is 25.5 Å². The van der Waals surface area contributed by atoms with Gasteiger partial charge in [0, 0.05) is 12.0 Å². The van der Waals surface area contributed by atoms with Gasteiger partial charge >= 0.3 is 0 Å². The number of phenols is 1. The highest BCUT2D eigenvalue weighted by Crippen LogP contribution is 2.23. The molecule has 162 valence electrons. The number of hydrogen-bond donors (Lipinski definition) is 3. The lowest BCUT2D eigenvalue weighted by molar-refractivity contribution is -0.128. The molecule has 6 nitrogen and oxygen atoms in total. The lowest BCUT2D eigenvalue weighted by Crippen LogP contribution is -2.39. The van der Waals surface area contributed by atoms with E-state index in [2.05, 4.69) is 5.32 Å². The van der Waals surface area contributed by atoms with Gasteiger partial charge in [-0.05, 0) is 35.7 Å². The van der Waals surface area contributed by atoms with Crippen LogP contribution in [0.2, 0.25) is 0 Å². The van der Waals surface area contributed by atoms with E-state index in [4.69, 9.17) is 0 Å². The molecule has 0 radical (unpaired) electrons. The van der Waals surface area contributed by atoms with E-state index in [1.807, 2.05) is 12.1 Å². The van der Waals surface area contributed by atoms with E-state index in [1.54, 1.807) is 72.8 Å². The molecule has 3 rings (SSSR count). The minimum Gasteiger partial charge on any atom is -0.508 e. The van der Waals surface area contributed by atoms with Crippen LogP contribution in [0.1, 0.15) is 35.3 Å². The maximum atomic E-state index is 12.8. The number of aliphatic hydroxyl groups excluding tert-OH is 1. The number of aromatic hydroxyl groups is 1. The highest BCUT2D eigenvalue weighted by Gasteiger charge is 2.29. The van der Waals surface area contributed by atoms with Gasteiger partial charge in [-0.3, -0.25) is 9.59 Å². The molecule has 32 heavy (non-hydrogen) atoms. The Bertz CT molecular complexity index is 1100. The zero-order valence-corrected chi connectivity index (χ0v) is 17.6. The molecule has 0 aliphatic rings. The second-order valence-corrected chi connectivity index (χ2v) is 7.58. The first-order chi connectivity index (χ1) is 15.4. The van der Waals surface area contributed by atoms with Crippen molar-refractivity contribution >= 4 is 11.7 Å². The Kier molecular flexibility index (Phi) is 7.37. The smallest absolute Gasteiger partial charge is 0.227 e. The summed E-state index contributed by atoms with van der Waals surface area (Å²) in [5.41, 5.74) is 2.83. The molecule has 1 unspecified atom stereocenters. The first-order valence-electron chi connectivity index (χ1n) is 10.2. The van der Waals surface area contributed by atoms with Gasteiger partial charge in [-0.15, -0.1) is 0 Å². The van der Waals surface area contributed by atoms with Crippen molar-refractivity contribution in [2.24, 2.45) is 5.92 Å². The third-order valence-electron chi connectivity index (χ3n) is 5.28. The summed E-state index contributed by atoms with van der Waals surface area (Å²) in [4.78, 5) is 25.6. The van der Waals surface area contributed by atoms with Crippen molar-refractivity contribution in [1.82, 2.24) is 5.32 Å². The number of Topliss-reactive ketones (excluding diaryl/α,β-unsaturated/α-hetero) is 1. The number of nitriles is 1. The van der Waals surface area contributed by atoms with Crippen molar-refractivity contribution in [2.75, 3.05) is 0 Å². The van der Waals surface area contributed by atoms with Crippen LogP contribution in [0, 0.1) is 17.2 Å². The average Bonchev–Trinajstić information content (AvgIpc) is 2.81. The van der Waals surface area contributed by atoms with E-state index in [0.29, 0.717) is 11.1 Å². The average molecular weight is 428 g/mol. The quantitative estimate of drug-likeness (QED) is 0.470. The Morgan fingerprint density at radius 3 is 2.03 bits per heavy atom. The molecule has 3 aromatic carbocycles. The Hall–Kier alpha value is -3.95. The lowest BCUT2D eigenvalue weighted by Gasteiger charge is -2.21. The normalized spacial score (nSPS) is 13.4. The van der Waals surface area contributed by atoms with Crippen molar-refractivity contribution in [3.05, 3.63) is 90.0 Å². The number of rotatable bonds is 8. The van der Waals surface area contributed by atoms with Crippen LogP contribution in [0.5, 0.6) is 5.75 Å². The predicted molar refractivity (Wildman–Crippen MR) is 121 cm³/mol. The molecular weight excluding hydrogens is 404 g/mol. The number of hydrogen-bond acceptors (Lipinski definition) is 5. The highest BCUT2D eigenvalue weighted by molar-refractivity contribution is 5.99. The molecule has 0 bridgehead atoms. The van der Waals surface area contributed by atoms with Crippen molar-refractivity contribution in [3.8, 4) is 22.9 Å². The SMILES string of the molecule is C[C@@H](O)[C@H](CC(=O)c1ccc(-c2ccc(O)cc2)cc1)C(=O)NC(C#N)c1ccccc1. The second kappa shape index (κ2) is 10.4. The number of nitrogens with one attached hydrogen (secondary N) is 1. The van der Waals surface area contributed by atoms with E-state index >= 15 is 0 Å². The first-order valence-corrected chi connectivity index (χ1v) is 10.2. The Balaban J connectivity index is 1.70. The van der Waals surface area contributed by atoms with Crippen molar-refractivity contribution in [3.63, 3.8) is 0 Å². The van der Waals surface area contributed by atoms with Crippen LogP contribution in [-0.4, -0.2) is 28.0 Å². The molecule has 0 saturated carbocycles. The summed E-state index contributed by atoms with van der Waals surface area (Å²) in [6.07, 6.45) is -1.25. The van der Waals surface area contributed by atoms with Crippen molar-refractivity contribution < 1.29 is 19.8 Å². The van der Waals surface area contributed by atoms with E-state index in [9.17, 15) is 25.1 Å². The number of ketones is 1. The van der Waals surface area contributed by atoms with Crippen LogP contribution in [0.15, 0.2) is 78.9 Å². The second-order valence-electron chi connectivity index (χ2n) is 7.58. The number of benzene rings is 3. The fraction of sp³-hybridized carbons (Fsp3) is 0.192. The monoisotopic (exact) mass is 428 g/mol. The van der Waals surface area contributed by atoms with Gasteiger partial charge in [0.25, 0.3) is 0 Å². The maximum absolute atomic E-state index is 12.8. The van der Waals surface area contributed by atoms with Crippen LogP contribution in [0.25, 0.3) is 11.1 Å². The van der Waals surface area contributed by atoms with Gasteiger partial charge in [-0.25, -0.2) is 0 Å². The van der Waals surface area contributed by atoms with E-state index in [-0.39, 0.29) is 18.0 Å². The van der Waals surface area contributed by atoms with Crippen LogP contribution >= 0.6 is 0 Å². The molecule has 6 heteroatoms. The van der Waals surface area contributed by atoms with Gasteiger partial charge in [0.15, 0.2) is 5.78 Å². The van der Waals surface area contributed by atoms with E-state index in [0.717, 1.165) is 11.1 Å². The fourth-order valence-electron chi connectivity index (χ4n) is 3.39. The summed E-state index contributed by atoms with van der Waals surface area (Å²) in [7, 11) is 0. The first kappa shape index (κ1) is 22.7. The third kappa shape index (κ3) is 5.60. The molecule has 0 aliphatic heterocycles. The molecule has 0 aromatic heterocycles. The minimum atomic E-state index is -1.06. The van der Waals surface area contributed by atoms with Crippen LogP contribution < -0.4 is 5.32 Å². The maximum Gasteiger partial charge on any atom is 0.227 e. The zero-order chi connectivity index (χ0) is 23.1. The topological polar surface area (TPSA) is 110 Å². The van der Waals surface area contributed by atoms with Crippen molar-refractivity contribution in [1.29, 1.82) is 5.26 Å². The number of nitrogens with zero attached hydrogens (tertiary/aromatic N) is 1. The molecule has 0 spiro atoms. The van der Waals surface area contributed by atoms with Crippen LogP contribution in [-0.2, 0) is 4.79 Å². The van der Waals surface area contributed by atoms with Gasteiger partial charge in [0.2, 0.25) is 5.91 Å². The van der Waals surface area contributed by atoms with Gasteiger partial charge in [-0.2, -0.15) is 5.26 Å². The zero-order valence-electron chi connectivity index (χ0n) is 17.6. The Morgan fingerprint density at radius 2 is 1.50 bits per heavy atom. The summed E-state index contributed by atoms with van der Waals surface area (Å²) in [6.45, 7) is 1.45. The minimum absolute atomic E-state index is 0.175. The molecule has 0 heterocycles. The summed E-state index contributed by atoms with van der Waals surface area (Å²) >= 11 is 0. The largest absolute Gasteiger partial charge is 0.508 e. The highest BCUT2D eigenvalue weighted by atomic mass is 16.3. The number of carbonyl (C=O) groups excluding carboxylic acids is 2. The summed E-state index contributed by atoms with van der Waals surface area (Å²) in [5, 5.41) is 31.6. The van der Waals surface area contributed by atoms with Gasteiger partial charge in [-0.1, -0.05) is 66.7 Å². The molecule has 0 aliphatic carbocycles. The Morgan fingerprint density at radius 1 is 0.938 bits per heavy atom. The van der Waals surface area contributed by atoms with Gasteiger partial charge in [0.1, 0.15) is 11.8 Å². The summed E-state index contributed by atoms with van der Waals surface area (Å²) in [5.74, 6) is -1.64. The van der Waals surface area contributed by atoms with Gasteiger partial charge in [0.05, 0.1) is 18.1 Å². The molecule has 3 aromatic rings.